The molecule has 9 rings (SSSR count). The molecule has 4 amide bonds. The van der Waals surface area contributed by atoms with Gasteiger partial charge in [-0.05, 0) is 73.9 Å². The first-order valence-corrected chi connectivity index (χ1v) is 25.1. The van der Waals surface area contributed by atoms with Gasteiger partial charge in [0.05, 0.1) is 38.2 Å². The normalized spacial score (nSPS) is 16.7. The molecular weight excluding hydrogens is 979 g/mol. The van der Waals surface area contributed by atoms with E-state index in [0.717, 1.165) is 12.8 Å². The molecule has 4 aliphatic rings. The van der Waals surface area contributed by atoms with Crippen LogP contribution in [0.1, 0.15) is 75.7 Å². The number of aromatic nitrogens is 3. The first kappa shape index (κ1) is 51.0. The molecule has 4 aliphatic heterocycles. The predicted octanol–water partition coefficient (Wildman–Crippen LogP) is 4.19. The Morgan fingerprint density at radius 3 is 2.26 bits per heavy atom. The van der Waals surface area contributed by atoms with Gasteiger partial charge in [-0.1, -0.05) is 35.9 Å². The van der Waals surface area contributed by atoms with E-state index in [1.807, 2.05) is 6.07 Å². The van der Waals surface area contributed by atoms with Crippen molar-refractivity contribution in [2.45, 2.75) is 62.8 Å². The Morgan fingerprint density at radius 2 is 1.53 bits per heavy atom. The van der Waals surface area contributed by atoms with Crippen molar-refractivity contribution in [3.8, 4) is 28.7 Å². The second kappa shape index (κ2) is 22.9. The van der Waals surface area contributed by atoms with E-state index in [1.54, 1.807) is 66.3 Å². The van der Waals surface area contributed by atoms with E-state index in [0.29, 0.717) is 72.0 Å². The number of ether oxygens (including phenoxy) is 6. The zero-order chi connectivity index (χ0) is 51.8. The Morgan fingerprint density at radius 1 is 0.824 bits per heavy atom. The summed E-state index contributed by atoms with van der Waals surface area (Å²) in [5.41, 5.74) is 1.77. The molecule has 1 saturated heterocycles. The molecule has 1 fully saturated rings. The number of amides is 4. The molecule has 2 unspecified atom stereocenters. The molecule has 2 atom stereocenters. The van der Waals surface area contributed by atoms with Crippen molar-refractivity contribution in [3.63, 3.8) is 0 Å². The van der Waals surface area contributed by atoms with Gasteiger partial charge in [0, 0.05) is 66.2 Å². The van der Waals surface area contributed by atoms with Gasteiger partial charge in [-0.15, -0.1) is 16.9 Å². The molecule has 1 aromatic heterocycles. The average Bonchev–Trinajstić information content (AvgIpc) is 3.98. The number of phenolic OH excluding ortho intramolecular Hbond substituents is 2. The minimum atomic E-state index is -1.43. The summed E-state index contributed by atoms with van der Waals surface area (Å²) in [5, 5.41) is 36.4. The van der Waals surface area contributed by atoms with Crippen molar-refractivity contribution in [2.75, 3.05) is 51.9 Å². The highest BCUT2D eigenvalue weighted by molar-refractivity contribution is 8.00. The number of para-hydroxylation sites is 1. The van der Waals surface area contributed by atoms with Crippen molar-refractivity contribution in [3.05, 3.63) is 136 Å². The predicted molar refractivity (Wildman–Crippen MR) is 263 cm³/mol. The summed E-state index contributed by atoms with van der Waals surface area (Å²) in [6, 6.07) is 21.8. The number of aryl methyl sites for hydroxylation is 1. The maximum Gasteiger partial charge on any atom is 0.355 e. The summed E-state index contributed by atoms with van der Waals surface area (Å²) < 4.78 is 35.9. The number of fused-ring (bicyclic) bond motifs is 7. The van der Waals surface area contributed by atoms with Gasteiger partial charge in [-0.3, -0.25) is 28.8 Å². The maximum absolute atomic E-state index is 13.4. The Kier molecular flexibility index (Phi) is 15.7. The topological polar surface area (TPSA) is 268 Å². The second-order valence-corrected chi connectivity index (χ2v) is 18.8. The lowest BCUT2D eigenvalue weighted by Crippen LogP contribution is -2.70. The van der Waals surface area contributed by atoms with Crippen molar-refractivity contribution < 1.29 is 67.4 Å². The molecule has 22 heteroatoms. The summed E-state index contributed by atoms with van der Waals surface area (Å²) in [7, 11) is 0. The highest BCUT2D eigenvalue weighted by Gasteiger charge is 2.55. The third-order valence-electron chi connectivity index (χ3n) is 12.5. The number of phenols is 2. The number of nitrogens with zero attached hydrogens (tertiary/aromatic N) is 4. The molecule has 5 N–H and O–H groups in total. The van der Waals surface area contributed by atoms with E-state index < -0.39 is 46.7 Å². The van der Waals surface area contributed by atoms with Gasteiger partial charge in [0.2, 0.25) is 5.91 Å². The molecule has 5 aromatic rings. The lowest BCUT2D eigenvalue weighted by molar-refractivity contribution is -0.153. The number of nitrogens with one attached hydrogen (secondary N) is 3. The molecule has 74 heavy (non-hydrogen) atoms. The number of aromatic hydroxyl groups is 2. The first-order chi connectivity index (χ1) is 35.9. The fourth-order valence-electron chi connectivity index (χ4n) is 8.96. The highest BCUT2D eigenvalue weighted by Crippen LogP contribution is 2.57. The second-order valence-electron chi connectivity index (χ2n) is 17.7. The van der Waals surface area contributed by atoms with Gasteiger partial charge in [-0.2, -0.15) is 0 Å². The Hall–Kier alpha value is -7.95. The highest BCUT2D eigenvalue weighted by atomic mass is 32.2. The minimum Gasteiger partial charge on any atom is -0.508 e. The fraction of sp³-hybridized carbons (Fsp3) is 0.346. The Balaban J connectivity index is 0.602. The van der Waals surface area contributed by atoms with Crippen molar-refractivity contribution in [2.24, 2.45) is 0 Å². The number of thioether (sulfide) groups is 1. The van der Waals surface area contributed by atoms with E-state index in [1.165, 1.54) is 47.0 Å². The lowest BCUT2D eigenvalue weighted by atomic mass is 9.77. The van der Waals surface area contributed by atoms with Gasteiger partial charge in [0.15, 0.2) is 12.2 Å². The number of carbonyl (C=O) groups is 6. The summed E-state index contributed by atoms with van der Waals surface area (Å²) in [4.78, 5) is 79.0. The van der Waals surface area contributed by atoms with Crippen molar-refractivity contribution in [1.29, 1.82) is 0 Å². The summed E-state index contributed by atoms with van der Waals surface area (Å²) in [6.45, 7) is 3.54. The molecule has 4 aromatic carbocycles. The summed E-state index contributed by atoms with van der Waals surface area (Å²) in [6.07, 6.45) is 4.23. The van der Waals surface area contributed by atoms with E-state index >= 15 is 0 Å². The number of carbonyl (C=O) groups excluding carboxylic acids is 6. The summed E-state index contributed by atoms with van der Waals surface area (Å²) >= 11 is 1.46. The molecule has 1 spiro atoms. The third kappa shape index (κ3) is 11.2. The number of esters is 2. The van der Waals surface area contributed by atoms with Crippen LogP contribution in [0.2, 0.25) is 0 Å². The number of β-lactam (4-membered cyclic amide) rings is 1. The van der Waals surface area contributed by atoms with E-state index in [2.05, 4.69) is 26.3 Å². The van der Waals surface area contributed by atoms with Crippen LogP contribution < -0.4 is 25.4 Å². The van der Waals surface area contributed by atoms with Crippen molar-refractivity contribution >= 4 is 47.3 Å². The van der Waals surface area contributed by atoms with Crippen LogP contribution >= 0.6 is 11.8 Å². The standard InChI is InChI=1S/C52H53N7O14S/c1-31-30-74-49-45(55-44(63)29-70-36-8-4-2-5-9-36)48(65)59(49)46(31)51(67)71-28-33-27-58(57-56-33)19-7-3-6-10-43(62)53-17-20-68-22-23-69-21-18-54-47(64)32-11-14-38-37(24-32)50(66)73-52(38)39-15-12-34(60)25-41(39)72-42-26-35(61)13-16-40(42)52/h2,4-5,8-9,11-16,24-27,45,49,60-61H,3,6-7,10,17-23,28-30H2,1H3,(H,53,62)(H,54,64)(H,55,63). The number of unbranched alkanes of at least 4 members (excludes halogenated alkanes) is 2. The summed E-state index contributed by atoms with van der Waals surface area (Å²) in [5.74, 6) is -1.22. The number of hydrogen-bond acceptors (Lipinski definition) is 17. The van der Waals surface area contributed by atoms with Gasteiger partial charge in [-0.25, -0.2) is 9.59 Å². The molecule has 386 valence electrons. The van der Waals surface area contributed by atoms with Crippen molar-refractivity contribution in [1.82, 2.24) is 35.8 Å². The van der Waals surface area contributed by atoms with Gasteiger partial charge >= 0.3 is 11.9 Å². The Labute approximate surface area is 428 Å². The lowest BCUT2D eigenvalue weighted by Gasteiger charge is -2.49. The monoisotopic (exact) mass is 1030 g/mol. The van der Waals surface area contributed by atoms with Gasteiger partial charge in [0.1, 0.15) is 58.2 Å². The van der Waals surface area contributed by atoms with Crippen LogP contribution in [0.4, 0.5) is 0 Å². The molecule has 0 saturated carbocycles. The quantitative estimate of drug-likeness (QED) is 0.0349. The molecule has 0 radical (unpaired) electrons. The smallest absolute Gasteiger partial charge is 0.355 e. The molecule has 5 heterocycles. The minimum absolute atomic E-state index is 0.0535. The largest absolute Gasteiger partial charge is 0.508 e. The van der Waals surface area contributed by atoms with E-state index in [-0.39, 0.29) is 85.3 Å². The van der Waals surface area contributed by atoms with Crippen LogP contribution in [0.15, 0.2) is 102 Å². The van der Waals surface area contributed by atoms with Crippen LogP contribution in [0.25, 0.3) is 0 Å². The van der Waals surface area contributed by atoms with Gasteiger partial charge < -0.3 is 54.6 Å². The molecule has 0 bridgehead atoms. The number of hydrogen-bond donors (Lipinski definition) is 5. The van der Waals surface area contributed by atoms with Crippen LogP contribution in [0, 0.1) is 0 Å². The molecule has 0 aliphatic carbocycles. The molecular formula is C52H53N7O14S. The molecule has 21 nitrogen and oxygen atoms in total. The van der Waals surface area contributed by atoms with Gasteiger partial charge in [0.25, 0.3) is 17.7 Å². The zero-order valence-corrected chi connectivity index (χ0v) is 41.0. The van der Waals surface area contributed by atoms with E-state index in [4.69, 9.17) is 28.4 Å². The number of rotatable bonds is 23. The van der Waals surface area contributed by atoms with Crippen LogP contribution in [0.3, 0.4) is 0 Å². The van der Waals surface area contributed by atoms with Crippen LogP contribution in [0.5, 0.6) is 28.7 Å². The third-order valence-corrected chi connectivity index (χ3v) is 13.9. The van der Waals surface area contributed by atoms with E-state index in [9.17, 15) is 39.0 Å². The Bertz CT molecular complexity index is 2930. The van der Waals surface area contributed by atoms with Crippen LogP contribution in [-0.4, -0.2) is 129 Å². The SMILES string of the molecule is CC1=C(C(=O)OCc2cn(CCCCCC(=O)NCCOCCOCCNC(=O)c3ccc4c(c3)C(=O)OC43c4ccc(O)cc4Oc4cc(O)ccc43)nn2)N2C(=O)C(NC(=O)COc3ccccc3)C2SC1. The van der Waals surface area contributed by atoms with Crippen LogP contribution in [-0.2, 0) is 56.9 Å². The fourth-order valence-corrected chi connectivity index (χ4v) is 10.3. The average molecular weight is 1030 g/mol. The maximum atomic E-state index is 13.4. The first-order valence-electron chi connectivity index (χ1n) is 24.0. The number of benzene rings is 4. The zero-order valence-electron chi connectivity index (χ0n) is 40.2.